The highest BCUT2D eigenvalue weighted by Gasteiger charge is 2.19. The molecule has 0 radical (unpaired) electrons. The molecule has 1 saturated heterocycles. The van der Waals surface area contributed by atoms with Crippen LogP contribution in [0.5, 0.6) is 0 Å². The maximum Gasteiger partial charge on any atom is 0.347 e. The number of carbonyl (C=O) groups is 1. The quantitative estimate of drug-likeness (QED) is 0.870. The van der Waals surface area contributed by atoms with Gasteiger partial charge in [0, 0.05) is 0 Å². The number of aromatic nitrogens is 1. The number of piperidine rings is 1. The summed E-state index contributed by atoms with van der Waals surface area (Å²) in [5.74, 6) is -0.825. The predicted molar refractivity (Wildman–Crippen MR) is 76.8 cm³/mol. The number of thiazole rings is 1. The number of unbranched alkanes of at least 4 members (excludes halogenated alkanes) is 1. The fraction of sp³-hybridized carbons (Fsp3) is 0.714. The monoisotopic (exact) mass is 282 g/mol. The SMILES string of the molecule is CCCCc1nc(CN2CCCCC2)sc1C(=O)O. The zero-order chi connectivity index (χ0) is 13.7. The van der Waals surface area contributed by atoms with Crippen LogP contribution in [0.2, 0.25) is 0 Å². The van der Waals surface area contributed by atoms with E-state index in [4.69, 9.17) is 0 Å². The van der Waals surface area contributed by atoms with E-state index in [-0.39, 0.29) is 0 Å². The van der Waals surface area contributed by atoms with E-state index in [1.807, 2.05) is 0 Å². The zero-order valence-corrected chi connectivity index (χ0v) is 12.3. The van der Waals surface area contributed by atoms with Crippen molar-refractivity contribution in [1.29, 1.82) is 0 Å². The molecule has 1 aromatic heterocycles. The fourth-order valence-electron chi connectivity index (χ4n) is 2.46. The van der Waals surface area contributed by atoms with Gasteiger partial charge in [-0.05, 0) is 38.8 Å². The van der Waals surface area contributed by atoms with Crippen molar-refractivity contribution < 1.29 is 9.90 Å². The normalized spacial score (nSPS) is 16.7. The molecule has 0 amide bonds. The van der Waals surface area contributed by atoms with Crippen molar-refractivity contribution in [3.05, 3.63) is 15.6 Å². The van der Waals surface area contributed by atoms with Crippen LogP contribution in [0.4, 0.5) is 0 Å². The van der Waals surface area contributed by atoms with Crippen LogP contribution in [0.15, 0.2) is 0 Å². The summed E-state index contributed by atoms with van der Waals surface area (Å²) in [7, 11) is 0. The first-order chi connectivity index (χ1) is 9.20. The van der Waals surface area contributed by atoms with Gasteiger partial charge in [0.2, 0.25) is 0 Å². The highest BCUT2D eigenvalue weighted by atomic mass is 32.1. The van der Waals surface area contributed by atoms with Crippen LogP contribution in [0, 0.1) is 0 Å². The minimum absolute atomic E-state index is 0.445. The number of nitrogens with zero attached hydrogens (tertiary/aromatic N) is 2. The highest BCUT2D eigenvalue weighted by molar-refractivity contribution is 7.13. The lowest BCUT2D eigenvalue weighted by molar-refractivity contribution is 0.0700. The van der Waals surface area contributed by atoms with E-state index in [1.54, 1.807) is 0 Å². The molecule has 19 heavy (non-hydrogen) atoms. The summed E-state index contributed by atoms with van der Waals surface area (Å²) in [6.45, 7) is 5.16. The van der Waals surface area contributed by atoms with Crippen molar-refractivity contribution in [3.63, 3.8) is 0 Å². The van der Waals surface area contributed by atoms with Gasteiger partial charge in [-0.1, -0.05) is 19.8 Å². The number of hydrogen-bond donors (Lipinski definition) is 1. The Balaban J connectivity index is 2.05. The largest absolute Gasteiger partial charge is 0.477 e. The molecular weight excluding hydrogens is 260 g/mol. The summed E-state index contributed by atoms with van der Waals surface area (Å²) in [5.41, 5.74) is 0.784. The van der Waals surface area contributed by atoms with Crippen LogP contribution < -0.4 is 0 Å². The van der Waals surface area contributed by atoms with Crippen LogP contribution in [0.3, 0.4) is 0 Å². The van der Waals surface area contributed by atoms with E-state index in [1.165, 1.54) is 30.6 Å². The molecule has 0 unspecified atom stereocenters. The lowest BCUT2D eigenvalue weighted by atomic mass is 10.1. The van der Waals surface area contributed by atoms with Gasteiger partial charge in [0.05, 0.1) is 12.2 Å². The molecule has 0 atom stereocenters. The van der Waals surface area contributed by atoms with Crippen LogP contribution in [-0.4, -0.2) is 34.0 Å². The number of carboxylic acid groups (broad SMARTS) is 1. The molecule has 0 aromatic carbocycles. The fourth-order valence-corrected chi connectivity index (χ4v) is 3.45. The number of carboxylic acids is 1. The third-order valence-corrected chi connectivity index (χ3v) is 4.58. The van der Waals surface area contributed by atoms with Crippen LogP contribution in [0.1, 0.15) is 59.4 Å². The van der Waals surface area contributed by atoms with Gasteiger partial charge in [-0.2, -0.15) is 0 Å². The average molecular weight is 282 g/mol. The predicted octanol–water partition coefficient (Wildman–Crippen LogP) is 3.17. The van der Waals surface area contributed by atoms with Gasteiger partial charge in [-0.15, -0.1) is 11.3 Å². The molecule has 1 aromatic rings. The molecule has 0 bridgehead atoms. The van der Waals surface area contributed by atoms with E-state index in [9.17, 15) is 9.90 Å². The molecule has 1 N–H and O–H groups in total. The Labute approximate surface area is 118 Å². The van der Waals surface area contributed by atoms with Crippen LogP contribution >= 0.6 is 11.3 Å². The molecule has 1 fully saturated rings. The van der Waals surface area contributed by atoms with Gasteiger partial charge in [-0.25, -0.2) is 9.78 Å². The maximum absolute atomic E-state index is 11.2. The van der Waals surface area contributed by atoms with E-state index in [2.05, 4.69) is 16.8 Å². The van der Waals surface area contributed by atoms with Crippen molar-refractivity contribution in [2.45, 2.75) is 52.0 Å². The first-order valence-corrected chi connectivity index (χ1v) is 7.96. The number of aryl methyl sites for hydroxylation is 1. The summed E-state index contributed by atoms with van der Waals surface area (Å²) in [6, 6.07) is 0. The molecule has 1 aliphatic rings. The third-order valence-electron chi connectivity index (χ3n) is 3.51. The van der Waals surface area contributed by atoms with Gasteiger partial charge in [0.1, 0.15) is 9.88 Å². The smallest absolute Gasteiger partial charge is 0.347 e. The second-order valence-electron chi connectivity index (χ2n) is 5.13. The second-order valence-corrected chi connectivity index (χ2v) is 6.21. The van der Waals surface area contributed by atoms with Gasteiger partial charge in [0.25, 0.3) is 0 Å². The summed E-state index contributed by atoms with van der Waals surface area (Å²) >= 11 is 1.36. The third kappa shape index (κ3) is 4.01. The summed E-state index contributed by atoms with van der Waals surface area (Å²) < 4.78 is 0. The first-order valence-electron chi connectivity index (χ1n) is 7.15. The maximum atomic E-state index is 11.2. The highest BCUT2D eigenvalue weighted by Crippen LogP contribution is 2.23. The molecular formula is C14H22N2O2S. The molecule has 5 heteroatoms. The number of hydrogen-bond acceptors (Lipinski definition) is 4. The van der Waals surface area contributed by atoms with Crippen molar-refractivity contribution in [3.8, 4) is 0 Å². The Bertz CT molecular complexity index is 425. The molecule has 1 aliphatic heterocycles. The van der Waals surface area contributed by atoms with E-state index >= 15 is 0 Å². The number of aromatic carboxylic acids is 1. The molecule has 0 aliphatic carbocycles. The molecule has 2 rings (SSSR count). The minimum Gasteiger partial charge on any atom is -0.477 e. The van der Waals surface area contributed by atoms with Crippen molar-refractivity contribution in [1.82, 2.24) is 9.88 Å². The van der Waals surface area contributed by atoms with E-state index in [0.29, 0.717) is 4.88 Å². The Morgan fingerprint density at radius 3 is 2.74 bits per heavy atom. The summed E-state index contributed by atoms with van der Waals surface area (Å²) in [5, 5.41) is 10.2. The molecule has 106 valence electrons. The zero-order valence-electron chi connectivity index (χ0n) is 11.5. The number of rotatable bonds is 6. The first kappa shape index (κ1) is 14.5. The standard InChI is InChI=1S/C14H22N2O2S/c1-2-3-7-11-13(14(17)18)19-12(15-11)10-16-8-5-4-6-9-16/h2-10H2,1H3,(H,17,18). The lowest BCUT2D eigenvalue weighted by Crippen LogP contribution is -2.29. The topological polar surface area (TPSA) is 53.4 Å². The molecule has 0 spiro atoms. The van der Waals surface area contributed by atoms with Crippen molar-refractivity contribution >= 4 is 17.3 Å². The Morgan fingerprint density at radius 1 is 1.37 bits per heavy atom. The molecule has 2 heterocycles. The van der Waals surface area contributed by atoms with Gasteiger partial charge in [-0.3, -0.25) is 4.90 Å². The lowest BCUT2D eigenvalue weighted by Gasteiger charge is -2.25. The van der Waals surface area contributed by atoms with Crippen molar-refractivity contribution in [2.75, 3.05) is 13.1 Å². The van der Waals surface area contributed by atoms with Gasteiger partial charge in [0.15, 0.2) is 0 Å². The molecule has 0 saturated carbocycles. The van der Waals surface area contributed by atoms with Crippen molar-refractivity contribution in [2.24, 2.45) is 0 Å². The van der Waals surface area contributed by atoms with Crippen LogP contribution in [-0.2, 0) is 13.0 Å². The van der Waals surface area contributed by atoms with E-state index < -0.39 is 5.97 Å². The van der Waals surface area contributed by atoms with Gasteiger partial charge >= 0.3 is 5.97 Å². The Morgan fingerprint density at radius 2 is 2.11 bits per heavy atom. The van der Waals surface area contributed by atoms with Gasteiger partial charge < -0.3 is 5.11 Å². The average Bonchev–Trinajstić information content (AvgIpc) is 2.80. The summed E-state index contributed by atoms with van der Waals surface area (Å²) in [6.07, 6.45) is 6.68. The van der Waals surface area contributed by atoms with Crippen LogP contribution in [0.25, 0.3) is 0 Å². The van der Waals surface area contributed by atoms with E-state index in [0.717, 1.165) is 49.6 Å². The Kier molecular flexibility index (Phi) is 5.34. The Hall–Kier alpha value is -0.940. The summed E-state index contributed by atoms with van der Waals surface area (Å²) in [4.78, 5) is 18.6. The number of likely N-dealkylation sites (tertiary alicyclic amines) is 1. The molecule has 4 nitrogen and oxygen atoms in total. The minimum atomic E-state index is -0.825. The second kappa shape index (κ2) is 7.01.